The van der Waals surface area contributed by atoms with Crippen LogP contribution in [-0.2, 0) is 4.79 Å². The van der Waals surface area contributed by atoms with Crippen LogP contribution in [0.3, 0.4) is 0 Å². The van der Waals surface area contributed by atoms with Gasteiger partial charge in [0, 0.05) is 35.6 Å². The second-order valence-corrected chi connectivity index (χ2v) is 7.26. The lowest BCUT2D eigenvalue weighted by molar-refractivity contribution is -0.117. The number of nitrogens with zero attached hydrogens (tertiary/aromatic N) is 2. The van der Waals surface area contributed by atoms with Gasteiger partial charge in [-0.25, -0.2) is 4.98 Å². The lowest BCUT2D eigenvalue weighted by Gasteiger charge is -2.11. The van der Waals surface area contributed by atoms with Crippen LogP contribution in [0, 0.1) is 5.92 Å². The molecule has 1 saturated carbocycles. The van der Waals surface area contributed by atoms with Crippen LogP contribution in [0.4, 0.5) is 11.5 Å². The van der Waals surface area contributed by atoms with Crippen molar-refractivity contribution in [3.8, 4) is 11.1 Å². The third-order valence-electron chi connectivity index (χ3n) is 4.32. The highest BCUT2D eigenvalue weighted by Gasteiger charge is 2.29. The van der Waals surface area contributed by atoms with Gasteiger partial charge < -0.3 is 10.6 Å². The third kappa shape index (κ3) is 4.00. The van der Waals surface area contributed by atoms with Gasteiger partial charge in [-0.2, -0.15) is 5.10 Å². The molecule has 1 aromatic carbocycles. The fourth-order valence-electron chi connectivity index (χ4n) is 2.71. The monoisotopic (exact) mass is 415 g/mol. The maximum absolute atomic E-state index is 12.7. The molecule has 2 amide bonds. The van der Waals surface area contributed by atoms with Crippen molar-refractivity contribution in [2.75, 3.05) is 10.6 Å². The minimum atomic E-state index is -0.459. The first-order chi connectivity index (χ1) is 13.5. The van der Waals surface area contributed by atoms with Crippen LogP contribution in [0.5, 0.6) is 0 Å². The van der Waals surface area contributed by atoms with E-state index in [9.17, 15) is 9.59 Å². The number of halogens is 2. The van der Waals surface area contributed by atoms with Crippen molar-refractivity contribution in [3.63, 3.8) is 0 Å². The van der Waals surface area contributed by atoms with Crippen LogP contribution < -0.4 is 10.6 Å². The fourth-order valence-corrected chi connectivity index (χ4v) is 3.37. The molecule has 0 atom stereocenters. The Kier molecular flexibility index (Phi) is 5.02. The maximum atomic E-state index is 12.7. The van der Waals surface area contributed by atoms with E-state index >= 15 is 0 Å². The Morgan fingerprint density at radius 3 is 2.46 bits per heavy atom. The molecule has 142 valence electrons. The van der Waals surface area contributed by atoms with Gasteiger partial charge in [-0.05, 0) is 36.6 Å². The predicted octanol–water partition coefficient (Wildman–Crippen LogP) is 4.38. The van der Waals surface area contributed by atoms with Crippen molar-refractivity contribution in [2.24, 2.45) is 5.92 Å². The summed E-state index contributed by atoms with van der Waals surface area (Å²) >= 11 is 12.6. The normalized spacial score (nSPS) is 13.2. The van der Waals surface area contributed by atoms with Crippen molar-refractivity contribution in [3.05, 3.63) is 58.5 Å². The Morgan fingerprint density at radius 2 is 1.82 bits per heavy atom. The van der Waals surface area contributed by atoms with Crippen molar-refractivity contribution in [1.82, 2.24) is 15.2 Å². The Morgan fingerprint density at radius 1 is 1.07 bits per heavy atom. The van der Waals surface area contributed by atoms with Crippen LogP contribution in [0.2, 0.25) is 10.0 Å². The summed E-state index contributed by atoms with van der Waals surface area (Å²) in [5.41, 5.74) is 2.18. The molecule has 28 heavy (non-hydrogen) atoms. The summed E-state index contributed by atoms with van der Waals surface area (Å²) in [6.07, 6.45) is 6.64. The molecule has 2 heterocycles. The van der Waals surface area contributed by atoms with Crippen molar-refractivity contribution in [1.29, 1.82) is 0 Å². The number of nitrogens with one attached hydrogen (secondary N) is 3. The average Bonchev–Trinajstić information content (AvgIpc) is 3.36. The molecule has 0 spiro atoms. The highest BCUT2D eigenvalue weighted by atomic mass is 35.5. The molecule has 1 aliphatic carbocycles. The van der Waals surface area contributed by atoms with Gasteiger partial charge >= 0.3 is 0 Å². The molecule has 3 N–H and O–H groups in total. The van der Waals surface area contributed by atoms with Crippen molar-refractivity contribution in [2.45, 2.75) is 12.8 Å². The lowest BCUT2D eigenvalue weighted by atomic mass is 10.1. The Balaban J connectivity index is 1.53. The predicted molar refractivity (Wildman–Crippen MR) is 108 cm³/mol. The first-order valence-corrected chi connectivity index (χ1v) is 9.33. The summed E-state index contributed by atoms with van der Waals surface area (Å²) in [7, 11) is 0. The SMILES string of the molecule is O=C(Nc1ccnc(NC(=O)C2CC2)c1)c1c(Cl)cc(-c2cn[nH]c2)cc1Cl. The number of carbonyl (C=O) groups is 2. The number of carbonyl (C=O) groups excluding carboxylic acids is 2. The van der Waals surface area contributed by atoms with Crippen molar-refractivity contribution >= 4 is 46.5 Å². The van der Waals surface area contributed by atoms with E-state index in [1.807, 2.05) is 0 Å². The number of amides is 2. The third-order valence-corrected chi connectivity index (χ3v) is 4.91. The van der Waals surface area contributed by atoms with Crippen LogP contribution in [-0.4, -0.2) is 27.0 Å². The van der Waals surface area contributed by atoms with Gasteiger partial charge in [0.25, 0.3) is 5.91 Å². The molecule has 3 aromatic rings. The largest absolute Gasteiger partial charge is 0.322 e. The first kappa shape index (κ1) is 18.5. The number of hydrogen-bond donors (Lipinski definition) is 3. The van der Waals surface area contributed by atoms with Gasteiger partial charge in [0.05, 0.1) is 21.8 Å². The van der Waals surface area contributed by atoms with E-state index in [1.54, 1.807) is 36.7 Å². The van der Waals surface area contributed by atoms with E-state index in [4.69, 9.17) is 23.2 Å². The number of H-pyrrole nitrogens is 1. The van der Waals surface area contributed by atoms with E-state index in [1.165, 1.54) is 6.20 Å². The summed E-state index contributed by atoms with van der Waals surface area (Å²) < 4.78 is 0. The number of benzene rings is 1. The lowest BCUT2D eigenvalue weighted by Crippen LogP contribution is -2.16. The van der Waals surface area contributed by atoms with Crippen LogP contribution >= 0.6 is 23.2 Å². The summed E-state index contributed by atoms with van der Waals surface area (Å²) in [6, 6.07) is 6.51. The van der Waals surface area contributed by atoms with E-state index in [0.29, 0.717) is 11.5 Å². The van der Waals surface area contributed by atoms with Crippen LogP contribution in [0.25, 0.3) is 11.1 Å². The van der Waals surface area contributed by atoms with Gasteiger partial charge in [0.1, 0.15) is 5.82 Å². The molecule has 0 radical (unpaired) electrons. The molecule has 0 aliphatic heterocycles. The summed E-state index contributed by atoms with van der Waals surface area (Å²) in [4.78, 5) is 28.7. The van der Waals surface area contributed by atoms with Gasteiger partial charge in [0.2, 0.25) is 5.91 Å². The molecular formula is C19H15Cl2N5O2. The quantitative estimate of drug-likeness (QED) is 0.575. The van der Waals surface area contributed by atoms with Gasteiger partial charge in [-0.15, -0.1) is 0 Å². The molecule has 0 saturated heterocycles. The van der Waals surface area contributed by atoms with Gasteiger partial charge in [0.15, 0.2) is 0 Å². The van der Waals surface area contributed by atoms with Gasteiger partial charge in [-0.1, -0.05) is 23.2 Å². The first-order valence-electron chi connectivity index (χ1n) is 8.58. The number of rotatable bonds is 5. The molecular weight excluding hydrogens is 401 g/mol. The minimum Gasteiger partial charge on any atom is -0.322 e. The van der Waals surface area contributed by atoms with Crippen molar-refractivity contribution < 1.29 is 9.59 Å². The number of aromatic nitrogens is 3. The molecule has 2 aromatic heterocycles. The Hall–Kier alpha value is -2.90. The molecule has 9 heteroatoms. The van der Waals surface area contributed by atoms with Gasteiger partial charge in [-0.3, -0.25) is 14.7 Å². The maximum Gasteiger partial charge on any atom is 0.258 e. The van der Waals surface area contributed by atoms with Crippen LogP contribution in [0.1, 0.15) is 23.2 Å². The molecule has 0 unspecified atom stereocenters. The molecule has 1 fully saturated rings. The second-order valence-electron chi connectivity index (χ2n) is 6.45. The number of anilines is 2. The minimum absolute atomic E-state index is 0.0584. The topological polar surface area (TPSA) is 99.8 Å². The number of aromatic amines is 1. The van der Waals surface area contributed by atoms with E-state index in [-0.39, 0.29) is 27.4 Å². The van der Waals surface area contributed by atoms with E-state index in [2.05, 4.69) is 25.8 Å². The highest BCUT2D eigenvalue weighted by molar-refractivity contribution is 6.40. The summed E-state index contributed by atoms with van der Waals surface area (Å²) in [5.74, 6) is -0.0788. The fraction of sp³-hybridized carbons (Fsp3) is 0.158. The van der Waals surface area contributed by atoms with E-state index in [0.717, 1.165) is 24.0 Å². The highest BCUT2D eigenvalue weighted by Crippen LogP contribution is 2.32. The standard InChI is InChI=1S/C19H15Cl2N5O2/c20-14-5-11(12-8-23-24-9-12)6-15(21)17(14)19(28)25-13-3-4-22-16(7-13)26-18(27)10-1-2-10/h3-10H,1-2H2,(H,23,24)(H2,22,25,26,27,28). The molecule has 4 rings (SSSR count). The molecule has 1 aliphatic rings. The zero-order valence-electron chi connectivity index (χ0n) is 14.5. The average molecular weight is 416 g/mol. The van der Waals surface area contributed by atoms with E-state index < -0.39 is 5.91 Å². The zero-order chi connectivity index (χ0) is 19.7. The zero-order valence-corrected chi connectivity index (χ0v) is 16.0. The van der Waals surface area contributed by atoms with Crippen LogP contribution in [0.15, 0.2) is 42.9 Å². The Bertz CT molecular complexity index is 1030. The number of hydrogen-bond acceptors (Lipinski definition) is 4. The Labute approximate surface area is 170 Å². The molecule has 7 nitrogen and oxygen atoms in total. The summed E-state index contributed by atoms with van der Waals surface area (Å²) in [6.45, 7) is 0. The molecule has 0 bridgehead atoms. The summed E-state index contributed by atoms with van der Waals surface area (Å²) in [5, 5.41) is 12.5. The number of pyridine rings is 1. The second kappa shape index (κ2) is 7.61. The smallest absolute Gasteiger partial charge is 0.258 e.